The van der Waals surface area contributed by atoms with E-state index in [0.29, 0.717) is 15.7 Å². The van der Waals surface area contributed by atoms with Gasteiger partial charge in [0.05, 0.1) is 17.0 Å². The number of halogens is 2. The molecule has 0 fully saturated rings. The van der Waals surface area contributed by atoms with E-state index in [-0.39, 0.29) is 11.7 Å². The second-order valence-electron chi connectivity index (χ2n) is 5.95. The van der Waals surface area contributed by atoms with Crippen molar-refractivity contribution in [2.45, 2.75) is 19.9 Å². The van der Waals surface area contributed by atoms with E-state index in [0.717, 1.165) is 0 Å². The molecule has 9 heteroatoms. The first kappa shape index (κ1) is 20.8. The molecule has 0 unspecified atom stereocenters. The molecular formula is C18H18Cl2N2O5. The molecule has 7 nitrogen and oxygen atoms in total. The summed E-state index contributed by atoms with van der Waals surface area (Å²) in [7, 11) is 0. The zero-order chi connectivity index (χ0) is 20.0. The SMILES string of the molecule is CC(C)[C@@H](NC(=O)c1ccco1)C(=O)OCC(=O)Nc1cc(Cl)ccc1Cl. The van der Waals surface area contributed by atoms with Gasteiger partial charge in [-0.15, -0.1) is 0 Å². The highest BCUT2D eigenvalue weighted by molar-refractivity contribution is 6.35. The van der Waals surface area contributed by atoms with E-state index >= 15 is 0 Å². The van der Waals surface area contributed by atoms with Gasteiger partial charge in [-0.3, -0.25) is 9.59 Å². The molecule has 2 aromatic rings. The van der Waals surface area contributed by atoms with Crippen LogP contribution in [0.4, 0.5) is 5.69 Å². The molecule has 27 heavy (non-hydrogen) atoms. The molecule has 2 N–H and O–H groups in total. The average Bonchev–Trinajstić information content (AvgIpc) is 3.15. The minimum absolute atomic E-state index is 0.0711. The molecule has 2 rings (SSSR count). The van der Waals surface area contributed by atoms with Crippen LogP contribution in [-0.4, -0.2) is 30.4 Å². The monoisotopic (exact) mass is 412 g/mol. The highest BCUT2D eigenvalue weighted by atomic mass is 35.5. The molecule has 0 bridgehead atoms. The summed E-state index contributed by atoms with van der Waals surface area (Å²) in [4.78, 5) is 36.3. The van der Waals surface area contributed by atoms with Gasteiger partial charge in [0.15, 0.2) is 12.4 Å². The van der Waals surface area contributed by atoms with Crippen molar-refractivity contribution in [3.63, 3.8) is 0 Å². The van der Waals surface area contributed by atoms with E-state index in [4.69, 9.17) is 32.4 Å². The Labute approximate surface area is 166 Å². The second-order valence-corrected chi connectivity index (χ2v) is 6.80. The number of amides is 2. The third-order valence-electron chi connectivity index (χ3n) is 3.50. The van der Waals surface area contributed by atoms with Gasteiger partial charge in [-0.25, -0.2) is 4.79 Å². The fourth-order valence-electron chi connectivity index (χ4n) is 2.12. The number of hydrogen-bond donors (Lipinski definition) is 2. The van der Waals surface area contributed by atoms with Gasteiger partial charge in [0.2, 0.25) is 0 Å². The van der Waals surface area contributed by atoms with Crippen LogP contribution in [0.5, 0.6) is 0 Å². The summed E-state index contributed by atoms with van der Waals surface area (Å²) in [5.74, 6) is -2.07. The summed E-state index contributed by atoms with van der Waals surface area (Å²) in [6, 6.07) is 6.68. The molecule has 0 radical (unpaired) electrons. The summed E-state index contributed by atoms with van der Waals surface area (Å²) in [5, 5.41) is 5.73. The molecule has 1 heterocycles. The Hall–Kier alpha value is -2.51. The number of carbonyl (C=O) groups excluding carboxylic acids is 3. The Morgan fingerprint density at radius 3 is 2.56 bits per heavy atom. The molecule has 0 aliphatic heterocycles. The molecule has 0 saturated heterocycles. The number of hydrogen-bond acceptors (Lipinski definition) is 5. The van der Waals surface area contributed by atoms with Crippen molar-refractivity contribution in [2.75, 3.05) is 11.9 Å². The Balaban J connectivity index is 1.92. The van der Waals surface area contributed by atoms with Gasteiger partial charge >= 0.3 is 5.97 Å². The first-order valence-electron chi connectivity index (χ1n) is 8.04. The van der Waals surface area contributed by atoms with Crippen molar-refractivity contribution in [1.29, 1.82) is 0 Å². The maximum Gasteiger partial charge on any atom is 0.329 e. The van der Waals surface area contributed by atoms with E-state index < -0.39 is 30.4 Å². The second kappa shape index (κ2) is 9.43. The number of furan rings is 1. The van der Waals surface area contributed by atoms with Crippen LogP contribution in [0.25, 0.3) is 0 Å². The lowest BCUT2D eigenvalue weighted by molar-refractivity contribution is -0.150. The Bertz CT molecular complexity index is 821. The predicted molar refractivity (Wildman–Crippen MR) is 101 cm³/mol. The lowest BCUT2D eigenvalue weighted by atomic mass is 10.0. The summed E-state index contributed by atoms with van der Waals surface area (Å²) in [6.07, 6.45) is 1.35. The van der Waals surface area contributed by atoms with Crippen LogP contribution >= 0.6 is 23.2 Å². The smallest absolute Gasteiger partial charge is 0.329 e. The van der Waals surface area contributed by atoms with Crippen molar-refractivity contribution in [2.24, 2.45) is 5.92 Å². The highest BCUT2D eigenvalue weighted by Gasteiger charge is 2.27. The van der Waals surface area contributed by atoms with Crippen LogP contribution in [0.2, 0.25) is 10.0 Å². The third-order valence-corrected chi connectivity index (χ3v) is 4.06. The summed E-state index contributed by atoms with van der Waals surface area (Å²) in [6.45, 7) is 2.93. The quantitative estimate of drug-likeness (QED) is 0.677. The molecule has 1 aromatic heterocycles. The molecule has 0 spiro atoms. The number of rotatable bonds is 7. The molecule has 0 aliphatic rings. The highest BCUT2D eigenvalue weighted by Crippen LogP contribution is 2.25. The van der Waals surface area contributed by atoms with Gasteiger partial charge < -0.3 is 19.8 Å². The predicted octanol–water partition coefficient (Wildman–Crippen LogP) is 3.52. The Morgan fingerprint density at radius 2 is 1.93 bits per heavy atom. The van der Waals surface area contributed by atoms with Crippen LogP contribution in [0.15, 0.2) is 41.0 Å². The van der Waals surface area contributed by atoms with Crippen molar-refractivity contribution in [3.05, 3.63) is 52.4 Å². The van der Waals surface area contributed by atoms with Gasteiger partial charge in [-0.1, -0.05) is 37.0 Å². The van der Waals surface area contributed by atoms with E-state index in [9.17, 15) is 14.4 Å². The maximum absolute atomic E-state index is 12.3. The van der Waals surface area contributed by atoms with Crippen molar-refractivity contribution in [3.8, 4) is 0 Å². The standard InChI is InChI=1S/C18H18Cl2N2O5/c1-10(2)16(22-17(24)14-4-3-7-26-14)18(25)27-9-15(23)21-13-8-11(19)5-6-12(13)20/h3-8,10,16H,9H2,1-2H3,(H,21,23)(H,22,24)/t16-/m1/s1. The largest absolute Gasteiger partial charge is 0.459 e. The summed E-state index contributed by atoms with van der Waals surface area (Å²) < 4.78 is 10.0. The molecule has 144 valence electrons. The van der Waals surface area contributed by atoms with Crippen LogP contribution < -0.4 is 10.6 Å². The van der Waals surface area contributed by atoms with Crippen LogP contribution in [0.1, 0.15) is 24.4 Å². The number of ether oxygens (including phenoxy) is 1. The molecule has 2 amide bonds. The van der Waals surface area contributed by atoms with Crippen molar-refractivity contribution in [1.82, 2.24) is 5.32 Å². The van der Waals surface area contributed by atoms with Gasteiger partial charge in [-0.05, 0) is 36.2 Å². The maximum atomic E-state index is 12.3. The number of carbonyl (C=O) groups is 3. The van der Waals surface area contributed by atoms with Crippen LogP contribution in [0, 0.1) is 5.92 Å². The van der Waals surface area contributed by atoms with Crippen LogP contribution in [-0.2, 0) is 14.3 Å². The lowest BCUT2D eigenvalue weighted by Crippen LogP contribution is -2.45. The first-order chi connectivity index (χ1) is 12.8. The normalized spacial score (nSPS) is 11.7. The Kier molecular flexibility index (Phi) is 7.27. The number of benzene rings is 1. The fraction of sp³-hybridized carbons (Fsp3) is 0.278. The molecule has 0 saturated carbocycles. The molecule has 1 aromatic carbocycles. The number of nitrogens with one attached hydrogen (secondary N) is 2. The number of esters is 1. The molecule has 0 aliphatic carbocycles. The van der Waals surface area contributed by atoms with E-state index in [1.54, 1.807) is 26.0 Å². The van der Waals surface area contributed by atoms with Gasteiger partial charge in [0, 0.05) is 5.02 Å². The fourth-order valence-corrected chi connectivity index (χ4v) is 2.46. The van der Waals surface area contributed by atoms with Crippen molar-refractivity contribution >= 4 is 46.7 Å². The average molecular weight is 413 g/mol. The zero-order valence-electron chi connectivity index (χ0n) is 14.6. The van der Waals surface area contributed by atoms with Gasteiger partial charge in [0.25, 0.3) is 11.8 Å². The summed E-state index contributed by atoms with van der Waals surface area (Å²) in [5.41, 5.74) is 0.303. The summed E-state index contributed by atoms with van der Waals surface area (Å²) >= 11 is 11.8. The van der Waals surface area contributed by atoms with E-state index in [1.807, 2.05) is 0 Å². The number of anilines is 1. The van der Waals surface area contributed by atoms with E-state index in [2.05, 4.69) is 10.6 Å². The first-order valence-corrected chi connectivity index (χ1v) is 8.79. The minimum atomic E-state index is -0.940. The molecular weight excluding hydrogens is 395 g/mol. The third kappa shape index (κ3) is 6.01. The lowest BCUT2D eigenvalue weighted by Gasteiger charge is -2.20. The zero-order valence-corrected chi connectivity index (χ0v) is 16.1. The van der Waals surface area contributed by atoms with E-state index in [1.165, 1.54) is 24.5 Å². The Morgan fingerprint density at radius 1 is 1.19 bits per heavy atom. The van der Waals surface area contributed by atoms with Gasteiger partial charge in [-0.2, -0.15) is 0 Å². The van der Waals surface area contributed by atoms with Crippen LogP contribution in [0.3, 0.4) is 0 Å². The van der Waals surface area contributed by atoms with Gasteiger partial charge in [0.1, 0.15) is 6.04 Å². The van der Waals surface area contributed by atoms with Crippen molar-refractivity contribution < 1.29 is 23.5 Å². The minimum Gasteiger partial charge on any atom is -0.459 e. The topological polar surface area (TPSA) is 97.6 Å². The molecule has 1 atom stereocenters.